The second kappa shape index (κ2) is 6.54. The van der Waals surface area contributed by atoms with E-state index >= 15 is 0 Å². The van der Waals surface area contributed by atoms with E-state index in [9.17, 15) is 0 Å². The van der Waals surface area contributed by atoms with Crippen LogP contribution in [0.5, 0.6) is 0 Å². The van der Waals surface area contributed by atoms with Gasteiger partial charge in [-0.2, -0.15) is 4.57 Å². The van der Waals surface area contributed by atoms with Crippen molar-refractivity contribution in [1.29, 1.82) is 0 Å². The molecule has 0 N–H and O–H groups in total. The molecule has 0 radical (unpaired) electrons. The van der Waals surface area contributed by atoms with Gasteiger partial charge in [0.05, 0.1) is 5.56 Å². The highest BCUT2D eigenvalue weighted by atomic mass is 79.9. The van der Waals surface area contributed by atoms with Gasteiger partial charge in [0.2, 0.25) is 11.2 Å². The Bertz CT molecular complexity index is 1200. The summed E-state index contributed by atoms with van der Waals surface area (Å²) in [6.45, 7) is 0. The summed E-state index contributed by atoms with van der Waals surface area (Å²) in [5, 5.41) is 6.42. The molecule has 0 amide bonds. The SMILES string of the molecule is C[n+]1c(-c2c3ccccc3cc3ccccc23)ccc2ccccc21.[Br-]. The molecule has 0 atom stereocenters. The molecule has 0 fully saturated rings. The van der Waals surface area contributed by atoms with Gasteiger partial charge in [-0.15, -0.1) is 0 Å². The highest BCUT2D eigenvalue weighted by Crippen LogP contribution is 2.35. The molecule has 4 aromatic carbocycles. The lowest BCUT2D eigenvalue weighted by Crippen LogP contribution is -3.00. The fourth-order valence-electron chi connectivity index (χ4n) is 3.88. The number of fused-ring (bicyclic) bond motifs is 3. The molecular formula is C24H18BrN. The fourth-order valence-corrected chi connectivity index (χ4v) is 3.88. The van der Waals surface area contributed by atoms with Gasteiger partial charge in [0.1, 0.15) is 7.05 Å². The summed E-state index contributed by atoms with van der Waals surface area (Å²) in [4.78, 5) is 0. The maximum Gasteiger partial charge on any atom is 0.214 e. The molecule has 0 aliphatic rings. The van der Waals surface area contributed by atoms with Gasteiger partial charge in [-0.05, 0) is 39.7 Å². The number of rotatable bonds is 1. The van der Waals surface area contributed by atoms with E-state index in [0.29, 0.717) is 0 Å². The summed E-state index contributed by atoms with van der Waals surface area (Å²) < 4.78 is 2.31. The van der Waals surface area contributed by atoms with Gasteiger partial charge in [0.25, 0.3) is 0 Å². The van der Waals surface area contributed by atoms with Crippen molar-refractivity contribution in [2.45, 2.75) is 0 Å². The molecule has 1 heterocycles. The van der Waals surface area contributed by atoms with Gasteiger partial charge in [-0.25, -0.2) is 0 Å². The number of aryl methyl sites for hydroxylation is 1. The quantitative estimate of drug-likeness (QED) is 0.301. The largest absolute Gasteiger partial charge is 1.00 e. The Hall–Kier alpha value is -2.71. The number of hydrogen-bond donors (Lipinski definition) is 0. The lowest BCUT2D eigenvalue weighted by molar-refractivity contribution is -0.633. The van der Waals surface area contributed by atoms with Gasteiger partial charge in [-0.1, -0.05) is 60.7 Å². The van der Waals surface area contributed by atoms with Crippen molar-refractivity contribution in [3.05, 3.63) is 91.0 Å². The average molecular weight is 400 g/mol. The zero-order valence-corrected chi connectivity index (χ0v) is 16.1. The van der Waals surface area contributed by atoms with Gasteiger partial charge in [-0.3, -0.25) is 0 Å². The first-order valence-electron chi connectivity index (χ1n) is 8.61. The van der Waals surface area contributed by atoms with Crippen LogP contribution in [0.4, 0.5) is 0 Å². The molecule has 126 valence electrons. The van der Waals surface area contributed by atoms with Crippen molar-refractivity contribution in [2.75, 3.05) is 0 Å². The van der Waals surface area contributed by atoms with Crippen LogP contribution in [0.1, 0.15) is 0 Å². The molecule has 0 saturated carbocycles. The van der Waals surface area contributed by atoms with Crippen molar-refractivity contribution in [3.63, 3.8) is 0 Å². The second-order valence-electron chi connectivity index (χ2n) is 6.53. The smallest absolute Gasteiger partial charge is 0.214 e. The summed E-state index contributed by atoms with van der Waals surface area (Å²) >= 11 is 0. The molecular weight excluding hydrogens is 382 g/mol. The molecule has 0 unspecified atom stereocenters. The summed E-state index contributed by atoms with van der Waals surface area (Å²) in [5.74, 6) is 0. The van der Waals surface area contributed by atoms with Gasteiger partial charge < -0.3 is 17.0 Å². The van der Waals surface area contributed by atoms with Crippen LogP contribution in [-0.4, -0.2) is 0 Å². The van der Waals surface area contributed by atoms with Crippen LogP contribution in [0.3, 0.4) is 0 Å². The zero-order chi connectivity index (χ0) is 16.8. The predicted octanol–water partition coefficient (Wildman–Crippen LogP) is 2.64. The summed E-state index contributed by atoms with van der Waals surface area (Å²) in [6.07, 6.45) is 0. The molecule has 0 bridgehead atoms. The third kappa shape index (κ3) is 2.49. The van der Waals surface area contributed by atoms with Crippen molar-refractivity contribution >= 4 is 32.4 Å². The minimum atomic E-state index is 0. The number of pyridine rings is 1. The minimum absolute atomic E-state index is 0. The van der Waals surface area contributed by atoms with E-state index in [-0.39, 0.29) is 17.0 Å². The number of hydrogen-bond acceptors (Lipinski definition) is 0. The highest BCUT2D eigenvalue weighted by molar-refractivity contribution is 6.11. The Balaban J connectivity index is 0.00000168. The number of aromatic nitrogens is 1. The molecule has 0 spiro atoms. The zero-order valence-electron chi connectivity index (χ0n) is 14.5. The fraction of sp³-hybridized carbons (Fsp3) is 0.0417. The number of benzene rings is 4. The average Bonchev–Trinajstić information content (AvgIpc) is 2.67. The Kier molecular flexibility index (Phi) is 4.21. The lowest BCUT2D eigenvalue weighted by atomic mass is 9.94. The lowest BCUT2D eigenvalue weighted by Gasteiger charge is -2.11. The Labute approximate surface area is 163 Å². The van der Waals surface area contributed by atoms with Crippen LogP contribution in [0.25, 0.3) is 43.7 Å². The van der Waals surface area contributed by atoms with E-state index in [2.05, 4.69) is 103 Å². The maximum absolute atomic E-state index is 2.31. The van der Waals surface area contributed by atoms with Crippen molar-refractivity contribution in [3.8, 4) is 11.3 Å². The van der Waals surface area contributed by atoms with Crippen molar-refractivity contribution < 1.29 is 21.5 Å². The number of halogens is 1. The first-order chi connectivity index (χ1) is 12.3. The third-order valence-electron chi connectivity index (χ3n) is 5.11. The van der Waals surface area contributed by atoms with Crippen LogP contribution in [0.2, 0.25) is 0 Å². The third-order valence-corrected chi connectivity index (χ3v) is 5.11. The van der Waals surface area contributed by atoms with Gasteiger partial charge in [0.15, 0.2) is 0 Å². The van der Waals surface area contributed by atoms with Crippen LogP contribution >= 0.6 is 0 Å². The molecule has 0 saturated heterocycles. The Morgan fingerprint density at radius 3 is 1.77 bits per heavy atom. The number of nitrogens with zero attached hydrogens (tertiary/aromatic N) is 1. The Morgan fingerprint density at radius 1 is 0.577 bits per heavy atom. The van der Waals surface area contributed by atoms with Crippen LogP contribution in [0.15, 0.2) is 91.0 Å². The minimum Gasteiger partial charge on any atom is -1.00 e. The monoisotopic (exact) mass is 399 g/mol. The van der Waals surface area contributed by atoms with E-state index < -0.39 is 0 Å². The topological polar surface area (TPSA) is 3.88 Å². The van der Waals surface area contributed by atoms with E-state index in [4.69, 9.17) is 0 Å². The molecule has 0 aliphatic heterocycles. The normalized spacial score (nSPS) is 11.0. The van der Waals surface area contributed by atoms with Crippen molar-refractivity contribution in [2.24, 2.45) is 7.05 Å². The van der Waals surface area contributed by atoms with Crippen LogP contribution < -0.4 is 21.5 Å². The molecule has 1 nitrogen and oxygen atoms in total. The maximum atomic E-state index is 2.31. The Morgan fingerprint density at radius 2 is 1.12 bits per heavy atom. The molecule has 2 heteroatoms. The van der Waals surface area contributed by atoms with E-state index in [1.807, 2.05) is 0 Å². The predicted molar refractivity (Wildman–Crippen MR) is 106 cm³/mol. The van der Waals surface area contributed by atoms with Crippen LogP contribution in [0, 0.1) is 0 Å². The van der Waals surface area contributed by atoms with Crippen molar-refractivity contribution in [1.82, 2.24) is 0 Å². The van der Waals surface area contributed by atoms with Crippen LogP contribution in [-0.2, 0) is 7.05 Å². The van der Waals surface area contributed by atoms with E-state index in [1.165, 1.54) is 43.7 Å². The molecule has 5 aromatic rings. The summed E-state index contributed by atoms with van der Waals surface area (Å²) in [7, 11) is 2.16. The first kappa shape index (κ1) is 16.7. The molecule has 26 heavy (non-hydrogen) atoms. The standard InChI is InChI=1S/C24H18N.BrH/c1-25-22-13-7-4-8-17(22)14-15-23(25)24-20-11-5-2-9-18(20)16-19-10-3-6-12-21(19)24;/h2-16H,1H3;1H/q+1;/p-1. The summed E-state index contributed by atoms with van der Waals surface area (Å²) in [5.41, 5.74) is 3.80. The number of para-hydroxylation sites is 1. The molecule has 0 aliphatic carbocycles. The van der Waals surface area contributed by atoms with E-state index in [1.54, 1.807) is 0 Å². The highest BCUT2D eigenvalue weighted by Gasteiger charge is 2.18. The molecule has 1 aromatic heterocycles. The second-order valence-corrected chi connectivity index (χ2v) is 6.53. The van der Waals surface area contributed by atoms with Gasteiger partial charge in [0, 0.05) is 17.5 Å². The summed E-state index contributed by atoms with van der Waals surface area (Å²) in [6, 6.07) is 32.6. The molecule has 5 rings (SSSR count). The first-order valence-corrected chi connectivity index (χ1v) is 8.61. The van der Waals surface area contributed by atoms with Gasteiger partial charge >= 0.3 is 0 Å². The van der Waals surface area contributed by atoms with E-state index in [0.717, 1.165) is 0 Å².